The predicted molar refractivity (Wildman–Crippen MR) is 56.0 cm³/mol. The van der Waals surface area contributed by atoms with E-state index in [0.717, 1.165) is 6.42 Å². The standard InChI is InChI=1S/C11H17NO4/c1-3-16-10(15)12-6-11(4-7(12)2)5-8(11)9(13)14/h7-8H,3-6H2,1-2H3,(H,13,14). The van der Waals surface area contributed by atoms with Gasteiger partial charge >= 0.3 is 12.1 Å². The van der Waals surface area contributed by atoms with Gasteiger partial charge in [-0.15, -0.1) is 0 Å². The zero-order valence-electron chi connectivity index (χ0n) is 9.60. The number of amides is 1. The number of rotatable bonds is 2. The number of nitrogens with zero attached hydrogens (tertiary/aromatic N) is 1. The molecular weight excluding hydrogens is 210 g/mol. The number of ether oxygens (including phenoxy) is 1. The average molecular weight is 227 g/mol. The first-order valence-corrected chi connectivity index (χ1v) is 5.66. The third kappa shape index (κ3) is 1.64. The summed E-state index contributed by atoms with van der Waals surface area (Å²) >= 11 is 0. The van der Waals surface area contributed by atoms with E-state index in [0.29, 0.717) is 19.6 Å². The van der Waals surface area contributed by atoms with Gasteiger partial charge in [-0.05, 0) is 26.7 Å². The Morgan fingerprint density at radius 3 is 2.69 bits per heavy atom. The first-order valence-electron chi connectivity index (χ1n) is 5.66. The van der Waals surface area contributed by atoms with E-state index in [4.69, 9.17) is 9.84 Å². The summed E-state index contributed by atoms with van der Waals surface area (Å²) in [5.41, 5.74) is -0.169. The fraction of sp³-hybridized carbons (Fsp3) is 0.818. The number of hydrogen-bond acceptors (Lipinski definition) is 3. The second-order valence-electron chi connectivity index (χ2n) is 4.84. The van der Waals surface area contributed by atoms with Gasteiger partial charge in [0.05, 0.1) is 12.5 Å². The van der Waals surface area contributed by atoms with Gasteiger partial charge in [-0.3, -0.25) is 4.79 Å². The van der Waals surface area contributed by atoms with Crippen LogP contribution in [0, 0.1) is 11.3 Å². The second-order valence-corrected chi connectivity index (χ2v) is 4.84. The van der Waals surface area contributed by atoms with Crippen molar-refractivity contribution >= 4 is 12.1 Å². The van der Waals surface area contributed by atoms with Crippen molar-refractivity contribution < 1.29 is 19.4 Å². The third-order valence-corrected chi connectivity index (χ3v) is 3.71. The highest BCUT2D eigenvalue weighted by Gasteiger charge is 2.63. The van der Waals surface area contributed by atoms with Crippen LogP contribution in [0.15, 0.2) is 0 Å². The van der Waals surface area contributed by atoms with Crippen molar-refractivity contribution in [2.75, 3.05) is 13.2 Å². The fourth-order valence-corrected chi connectivity index (χ4v) is 2.81. The van der Waals surface area contributed by atoms with Crippen LogP contribution in [-0.2, 0) is 9.53 Å². The maximum Gasteiger partial charge on any atom is 0.410 e. The van der Waals surface area contributed by atoms with E-state index in [9.17, 15) is 9.59 Å². The molecule has 2 aliphatic rings. The van der Waals surface area contributed by atoms with Crippen molar-refractivity contribution in [2.45, 2.75) is 32.7 Å². The van der Waals surface area contributed by atoms with Crippen LogP contribution in [0.25, 0.3) is 0 Å². The van der Waals surface area contributed by atoms with E-state index in [1.165, 1.54) is 0 Å². The highest BCUT2D eigenvalue weighted by atomic mass is 16.6. The molecule has 1 N–H and O–H groups in total. The van der Waals surface area contributed by atoms with Gasteiger partial charge in [0.1, 0.15) is 0 Å². The maximum absolute atomic E-state index is 11.6. The smallest absolute Gasteiger partial charge is 0.410 e. The van der Waals surface area contributed by atoms with Crippen molar-refractivity contribution in [2.24, 2.45) is 11.3 Å². The number of carboxylic acid groups (broad SMARTS) is 1. The summed E-state index contributed by atoms with van der Waals surface area (Å²) < 4.78 is 4.95. The fourth-order valence-electron chi connectivity index (χ4n) is 2.81. The maximum atomic E-state index is 11.6. The van der Waals surface area contributed by atoms with Gasteiger partial charge in [-0.25, -0.2) is 4.79 Å². The van der Waals surface area contributed by atoms with Crippen molar-refractivity contribution in [1.29, 1.82) is 0 Å². The topological polar surface area (TPSA) is 66.8 Å². The van der Waals surface area contributed by atoms with Gasteiger partial charge < -0.3 is 14.7 Å². The minimum Gasteiger partial charge on any atom is -0.481 e. The second kappa shape index (κ2) is 3.64. The zero-order valence-corrected chi connectivity index (χ0v) is 9.60. The molecule has 2 fully saturated rings. The van der Waals surface area contributed by atoms with E-state index < -0.39 is 5.97 Å². The molecule has 1 saturated carbocycles. The monoisotopic (exact) mass is 227 g/mol. The lowest BCUT2D eigenvalue weighted by molar-refractivity contribution is -0.139. The number of likely N-dealkylation sites (tertiary alicyclic amines) is 1. The summed E-state index contributed by atoms with van der Waals surface area (Å²) in [7, 11) is 0. The molecule has 1 heterocycles. The van der Waals surface area contributed by atoms with Crippen LogP contribution in [0.1, 0.15) is 26.7 Å². The summed E-state index contributed by atoms with van der Waals surface area (Å²) in [6.07, 6.45) is 1.16. The molecule has 0 aromatic rings. The number of carbonyl (C=O) groups excluding carboxylic acids is 1. The Balaban J connectivity index is 2.01. The highest BCUT2D eigenvalue weighted by molar-refractivity contribution is 5.76. The van der Waals surface area contributed by atoms with Gasteiger partial charge in [0.2, 0.25) is 0 Å². The molecule has 5 heteroatoms. The third-order valence-electron chi connectivity index (χ3n) is 3.71. The van der Waals surface area contributed by atoms with Crippen LogP contribution in [0.4, 0.5) is 4.79 Å². The Morgan fingerprint density at radius 2 is 2.19 bits per heavy atom. The van der Waals surface area contributed by atoms with Crippen molar-refractivity contribution in [3.05, 3.63) is 0 Å². The average Bonchev–Trinajstić information content (AvgIpc) is 2.78. The van der Waals surface area contributed by atoms with E-state index >= 15 is 0 Å². The molecule has 2 rings (SSSR count). The number of aliphatic carboxylic acids is 1. The summed E-state index contributed by atoms with van der Waals surface area (Å²) in [5.74, 6) is -1.01. The van der Waals surface area contributed by atoms with E-state index in [1.807, 2.05) is 6.92 Å². The van der Waals surface area contributed by atoms with Crippen LogP contribution >= 0.6 is 0 Å². The molecule has 0 radical (unpaired) electrons. The normalized spacial score (nSPS) is 36.5. The summed E-state index contributed by atoms with van der Waals surface area (Å²) in [6, 6.07) is 0.0865. The van der Waals surface area contributed by atoms with Crippen molar-refractivity contribution in [1.82, 2.24) is 4.90 Å². The molecule has 1 amide bonds. The van der Waals surface area contributed by atoms with Crippen molar-refractivity contribution in [3.8, 4) is 0 Å². The predicted octanol–water partition coefficient (Wildman–Crippen LogP) is 1.33. The number of carboxylic acids is 1. The number of hydrogen-bond donors (Lipinski definition) is 1. The first-order chi connectivity index (χ1) is 7.50. The molecule has 0 bridgehead atoms. The Bertz CT molecular complexity index is 330. The SMILES string of the molecule is CCOC(=O)N1CC2(CC1C)CC2C(=O)O. The van der Waals surface area contributed by atoms with Gasteiger partial charge in [-0.2, -0.15) is 0 Å². The lowest BCUT2D eigenvalue weighted by atomic mass is 10.0. The van der Waals surface area contributed by atoms with Crippen LogP contribution in [0.5, 0.6) is 0 Å². The Morgan fingerprint density at radius 1 is 1.50 bits per heavy atom. The molecule has 1 aliphatic carbocycles. The molecule has 3 atom stereocenters. The van der Waals surface area contributed by atoms with Crippen LogP contribution in [-0.4, -0.2) is 41.3 Å². The molecule has 1 spiro atoms. The summed E-state index contributed by atoms with van der Waals surface area (Å²) in [5, 5.41) is 8.96. The van der Waals surface area contributed by atoms with Gasteiger partial charge in [0.25, 0.3) is 0 Å². The zero-order chi connectivity index (χ0) is 11.9. The van der Waals surface area contributed by atoms with Gasteiger partial charge in [0.15, 0.2) is 0 Å². The molecule has 3 unspecified atom stereocenters. The summed E-state index contributed by atoms with van der Waals surface area (Å²) in [4.78, 5) is 24.2. The van der Waals surface area contributed by atoms with E-state index in [-0.39, 0.29) is 23.5 Å². The van der Waals surface area contributed by atoms with Crippen LogP contribution in [0.3, 0.4) is 0 Å². The Labute approximate surface area is 94.4 Å². The molecule has 1 aliphatic heterocycles. The lowest BCUT2D eigenvalue weighted by Crippen LogP contribution is -2.34. The molecule has 16 heavy (non-hydrogen) atoms. The molecule has 90 valence electrons. The Kier molecular flexibility index (Phi) is 2.56. The minimum atomic E-state index is -0.738. The minimum absolute atomic E-state index is 0.0865. The van der Waals surface area contributed by atoms with E-state index in [1.54, 1.807) is 11.8 Å². The Hall–Kier alpha value is -1.26. The lowest BCUT2D eigenvalue weighted by Gasteiger charge is -2.20. The van der Waals surface area contributed by atoms with Gasteiger partial charge in [-0.1, -0.05) is 0 Å². The molecular formula is C11H17NO4. The largest absolute Gasteiger partial charge is 0.481 e. The number of carbonyl (C=O) groups is 2. The summed E-state index contributed by atoms with van der Waals surface area (Å²) in [6.45, 7) is 4.61. The molecule has 0 aromatic heterocycles. The highest BCUT2D eigenvalue weighted by Crippen LogP contribution is 2.60. The van der Waals surface area contributed by atoms with Gasteiger partial charge in [0, 0.05) is 18.0 Å². The van der Waals surface area contributed by atoms with Crippen LogP contribution in [0.2, 0.25) is 0 Å². The molecule has 5 nitrogen and oxygen atoms in total. The van der Waals surface area contributed by atoms with Crippen LogP contribution < -0.4 is 0 Å². The molecule has 1 saturated heterocycles. The molecule has 0 aromatic carbocycles. The first kappa shape index (κ1) is 11.2. The quantitative estimate of drug-likeness (QED) is 0.772. The van der Waals surface area contributed by atoms with Crippen molar-refractivity contribution in [3.63, 3.8) is 0 Å². The van der Waals surface area contributed by atoms with E-state index in [2.05, 4.69) is 0 Å².